The molecule has 0 atom stereocenters. The largest absolute Gasteiger partial charge is 0.398 e. The number of hydrogen-bond donors (Lipinski definition) is 1. The molecule has 0 saturated carbocycles. The number of fused-ring (bicyclic) bond motifs is 3. The van der Waals surface area contributed by atoms with Gasteiger partial charge >= 0.3 is 0 Å². The molecule has 2 aromatic carbocycles. The van der Waals surface area contributed by atoms with Gasteiger partial charge in [0, 0.05) is 36.3 Å². The Labute approximate surface area is 177 Å². The SMILES string of the molecule is Nc1cc(Br)cc2c1-c1ccc(Br)cc1C2(CCCBr)CCCBr. The van der Waals surface area contributed by atoms with E-state index < -0.39 is 0 Å². The molecule has 3 rings (SSSR count). The summed E-state index contributed by atoms with van der Waals surface area (Å²) in [4.78, 5) is 0. The van der Waals surface area contributed by atoms with Gasteiger partial charge in [-0.3, -0.25) is 0 Å². The molecule has 0 amide bonds. The molecule has 2 aromatic rings. The van der Waals surface area contributed by atoms with Gasteiger partial charge in [-0.15, -0.1) is 0 Å². The van der Waals surface area contributed by atoms with Gasteiger partial charge in [-0.05, 0) is 66.6 Å². The zero-order chi connectivity index (χ0) is 17.3. The van der Waals surface area contributed by atoms with Crippen molar-refractivity contribution in [3.05, 3.63) is 50.4 Å². The van der Waals surface area contributed by atoms with E-state index >= 15 is 0 Å². The predicted molar refractivity (Wildman–Crippen MR) is 119 cm³/mol. The van der Waals surface area contributed by atoms with Crippen molar-refractivity contribution >= 4 is 69.4 Å². The van der Waals surface area contributed by atoms with Crippen LogP contribution in [0.1, 0.15) is 36.8 Å². The standard InChI is InChI=1S/C19H19Br4N/c20-7-1-5-19(6-2-8-21)15-9-12(22)3-4-14(15)18-16(19)10-13(23)11-17(18)24/h3-4,9-11H,1-2,5-8,24H2. The summed E-state index contributed by atoms with van der Waals surface area (Å²) in [5.41, 5.74) is 12.7. The van der Waals surface area contributed by atoms with Crippen LogP contribution in [0.25, 0.3) is 11.1 Å². The van der Waals surface area contributed by atoms with Crippen LogP contribution in [-0.4, -0.2) is 10.7 Å². The van der Waals surface area contributed by atoms with E-state index in [1.165, 1.54) is 22.3 Å². The second-order valence-electron chi connectivity index (χ2n) is 6.27. The summed E-state index contributed by atoms with van der Waals surface area (Å²) in [6, 6.07) is 10.9. The summed E-state index contributed by atoms with van der Waals surface area (Å²) in [5, 5.41) is 2.04. The fourth-order valence-corrected chi connectivity index (χ4v) is 5.38. The summed E-state index contributed by atoms with van der Waals surface area (Å²) in [6.07, 6.45) is 4.52. The second-order valence-corrected chi connectivity index (χ2v) is 9.69. The number of anilines is 1. The molecule has 0 heterocycles. The number of alkyl halides is 2. The molecule has 0 saturated heterocycles. The van der Waals surface area contributed by atoms with E-state index in [4.69, 9.17) is 5.73 Å². The van der Waals surface area contributed by atoms with Crippen LogP contribution in [0, 0.1) is 0 Å². The number of nitrogens with two attached hydrogens (primary N) is 1. The average Bonchev–Trinajstić information content (AvgIpc) is 2.81. The number of hydrogen-bond acceptors (Lipinski definition) is 1. The van der Waals surface area contributed by atoms with Crippen LogP contribution in [0.3, 0.4) is 0 Å². The Morgan fingerprint density at radius 2 is 1.46 bits per heavy atom. The fraction of sp³-hybridized carbons (Fsp3) is 0.368. The van der Waals surface area contributed by atoms with Gasteiger partial charge in [0.15, 0.2) is 0 Å². The third-order valence-electron chi connectivity index (χ3n) is 4.89. The van der Waals surface area contributed by atoms with E-state index in [1.54, 1.807) is 0 Å². The van der Waals surface area contributed by atoms with Crippen LogP contribution in [0.2, 0.25) is 0 Å². The Bertz CT molecular complexity index is 749. The predicted octanol–water partition coefficient (Wildman–Crippen LogP) is 7.41. The van der Waals surface area contributed by atoms with E-state index in [-0.39, 0.29) is 5.41 Å². The summed E-state index contributed by atoms with van der Waals surface area (Å²) >= 11 is 14.6. The minimum absolute atomic E-state index is 0.0356. The molecule has 5 heteroatoms. The molecule has 2 N–H and O–H groups in total. The molecular formula is C19H19Br4N. The lowest BCUT2D eigenvalue weighted by molar-refractivity contribution is 0.439. The third-order valence-corrected chi connectivity index (χ3v) is 6.96. The molecule has 0 radical (unpaired) electrons. The summed E-state index contributed by atoms with van der Waals surface area (Å²) < 4.78 is 2.20. The minimum atomic E-state index is 0.0356. The fourth-order valence-electron chi connectivity index (χ4n) is 3.98. The van der Waals surface area contributed by atoms with E-state index in [1.807, 2.05) is 6.07 Å². The van der Waals surface area contributed by atoms with E-state index in [0.29, 0.717) is 0 Å². The van der Waals surface area contributed by atoms with Gasteiger partial charge in [0.05, 0.1) is 0 Å². The number of benzene rings is 2. The smallest absolute Gasteiger partial charge is 0.0408 e. The first-order chi connectivity index (χ1) is 11.5. The molecule has 0 bridgehead atoms. The Kier molecular flexibility index (Phi) is 6.16. The van der Waals surface area contributed by atoms with Gasteiger partial charge in [0.25, 0.3) is 0 Å². The quantitative estimate of drug-likeness (QED) is 0.279. The molecule has 128 valence electrons. The maximum absolute atomic E-state index is 6.44. The Hall–Kier alpha value is 0.160. The van der Waals surface area contributed by atoms with Crippen LogP contribution in [0.4, 0.5) is 5.69 Å². The van der Waals surface area contributed by atoms with Crippen molar-refractivity contribution in [3.8, 4) is 11.1 Å². The lowest BCUT2D eigenvalue weighted by Crippen LogP contribution is -2.26. The zero-order valence-electron chi connectivity index (χ0n) is 13.2. The first kappa shape index (κ1) is 18.9. The molecule has 0 spiro atoms. The molecule has 0 aromatic heterocycles. The van der Waals surface area contributed by atoms with Gasteiger partial charge in [0.2, 0.25) is 0 Å². The number of halogens is 4. The van der Waals surface area contributed by atoms with Crippen molar-refractivity contribution in [3.63, 3.8) is 0 Å². The number of nitrogen functional groups attached to an aromatic ring is 1. The first-order valence-corrected chi connectivity index (χ1v) is 11.9. The maximum Gasteiger partial charge on any atom is 0.0408 e. The highest BCUT2D eigenvalue weighted by molar-refractivity contribution is 9.11. The third kappa shape index (κ3) is 3.26. The first-order valence-electron chi connectivity index (χ1n) is 8.05. The normalized spacial score (nSPS) is 14.5. The molecular weight excluding hydrogens is 562 g/mol. The van der Waals surface area contributed by atoms with Gasteiger partial charge in [-0.2, -0.15) is 0 Å². The van der Waals surface area contributed by atoms with E-state index in [0.717, 1.165) is 51.0 Å². The second kappa shape index (κ2) is 7.81. The molecule has 1 aliphatic carbocycles. The highest BCUT2D eigenvalue weighted by Crippen LogP contribution is 2.56. The van der Waals surface area contributed by atoms with Crippen LogP contribution in [0.5, 0.6) is 0 Å². The van der Waals surface area contributed by atoms with Crippen LogP contribution < -0.4 is 5.73 Å². The van der Waals surface area contributed by atoms with Gasteiger partial charge < -0.3 is 5.73 Å². The van der Waals surface area contributed by atoms with Crippen LogP contribution >= 0.6 is 63.7 Å². The molecule has 1 nitrogen and oxygen atoms in total. The summed E-state index contributed by atoms with van der Waals surface area (Å²) in [6.45, 7) is 0. The number of rotatable bonds is 6. The zero-order valence-corrected chi connectivity index (χ0v) is 19.6. The van der Waals surface area contributed by atoms with Crippen molar-refractivity contribution in [2.45, 2.75) is 31.1 Å². The van der Waals surface area contributed by atoms with Crippen molar-refractivity contribution < 1.29 is 0 Å². The molecule has 0 fully saturated rings. The van der Waals surface area contributed by atoms with E-state index in [2.05, 4.69) is 88.0 Å². The monoisotopic (exact) mass is 577 g/mol. The van der Waals surface area contributed by atoms with Gasteiger partial charge in [-0.1, -0.05) is 69.8 Å². The molecule has 0 unspecified atom stereocenters. The van der Waals surface area contributed by atoms with Gasteiger partial charge in [-0.25, -0.2) is 0 Å². The highest BCUT2D eigenvalue weighted by atomic mass is 79.9. The Morgan fingerprint density at radius 3 is 2.08 bits per heavy atom. The average molecular weight is 581 g/mol. The molecule has 0 aliphatic heterocycles. The van der Waals surface area contributed by atoms with Crippen molar-refractivity contribution in [1.29, 1.82) is 0 Å². The summed E-state index contributed by atoms with van der Waals surface area (Å²) in [5.74, 6) is 0. The maximum atomic E-state index is 6.44. The van der Waals surface area contributed by atoms with Crippen molar-refractivity contribution in [2.75, 3.05) is 16.4 Å². The van der Waals surface area contributed by atoms with Gasteiger partial charge in [0.1, 0.15) is 0 Å². The lowest BCUT2D eigenvalue weighted by Gasteiger charge is -2.32. The molecule has 1 aliphatic rings. The van der Waals surface area contributed by atoms with Crippen LogP contribution in [0.15, 0.2) is 39.3 Å². The highest BCUT2D eigenvalue weighted by Gasteiger charge is 2.43. The lowest BCUT2D eigenvalue weighted by atomic mass is 9.71. The Morgan fingerprint density at radius 1 is 0.833 bits per heavy atom. The topological polar surface area (TPSA) is 26.0 Å². The minimum Gasteiger partial charge on any atom is -0.398 e. The van der Waals surface area contributed by atoms with E-state index in [9.17, 15) is 0 Å². The van der Waals surface area contributed by atoms with Crippen LogP contribution in [-0.2, 0) is 5.41 Å². The summed E-state index contributed by atoms with van der Waals surface area (Å²) in [7, 11) is 0. The van der Waals surface area contributed by atoms with Crippen molar-refractivity contribution in [1.82, 2.24) is 0 Å². The Balaban J connectivity index is 2.29. The van der Waals surface area contributed by atoms with Crippen molar-refractivity contribution in [2.24, 2.45) is 0 Å². The molecule has 24 heavy (non-hydrogen) atoms.